The molecule has 1 fully saturated rings. The van der Waals surface area contributed by atoms with Crippen LogP contribution in [0.4, 0.5) is 0 Å². The molecule has 0 aliphatic carbocycles. The Morgan fingerprint density at radius 2 is 1.83 bits per heavy atom. The number of nitrogens with one attached hydrogen (secondary N) is 1. The molecular weight excluding hydrogens is 400 g/mol. The topological polar surface area (TPSA) is 58.6 Å². The maximum Gasteiger partial charge on any atom is 0.253 e. The van der Waals surface area contributed by atoms with Crippen molar-refractivity contribution in [1.82, 2.24) is 10.2 Å². The van der Waals surface area contributed by atoms with E-state index in [0.717, 1.165) is 17.7 Å². The molecule has 0 bridgehead atoms. The molecule has 5 nitrogen and oxygen atoms in total. The molecular formula is C24H29ClN2O3. The molecule has 0 saturated carbocycles. The Bertz CT molecular complexity index is 882. The lowest BCUT2D eigenvalue weighted by molar-refractivity contribution is -0.124. The first-order valence-corrected chi connectivity index (χ1v) is 10.7. The fourth-order valence-corrected chi connectivity index (χ4v) is 4.04. The number of amides is 2. The van der Waals surface area contributed by atoms with Crippen LogP contribution in [0.15, 0.2) is 48.5 Å². The molecule has 3 rings (SSSR count). The zero-order valence-electron chi connectivity index (χ0n) is 17.7. The van der Waals surface area contributed by atoms with Crippen LogP contribution in [0.25, 0.3) is 0 Å². The van der Waals surface area contributed by atoms with Gasteiger partial charge in [0.05, 0.1) is 13.0 Å². The lowest BCUT2D eigenvalue weighted by atomic mass is 9.87. The first kappa shape index (κ1) is 22.2. The molecule has 160 valence electrons. The highest BCUT2D eigenvalue weighted by atomic mass is 35.5. The van der Waals surface area contributed by atoms with E-state index >= 15 is 0 Å². The van der Waals surface area contributed by atoms with Gasteiger partial charge in [-0.3, -0.25) is 9.59 Å². The fourth-order valence-electron chi connectivity index (χ4n) is 3.91. The largest absolute Gasteiger partial charge is 0.496 e. The number of hydrogen-bond donors (Lipinski definition) is 1. The van der Waals surface area contributed by atoms with E-state index in [4.69, 9.17) is 16.3 Å². The van der Waals surface area contributed by atoms with E-state index in [2.05, 4.69) is 19.2 Å². The minimum atomic E-state index is -0.329. The van der Waals surface area contributed by atoms with Crippen LogP contribution < -0.4 is 10.1 Å². The van der Waals surface area contributed by atoms with E-state index in [1.165, 1.54) is 0 Å². The fraction of sp³-hybridized carbons (Fsp3) is 0.417. The zero-order chi connectivity index (χ0) is 21.7. The van der Waals surface area contributed by atoms with Gasteiger partial charge in [-0.1, -0.05) is 43.6 Å². The van der Waals surface area contributed by atoms with Gasteiger partial charge in [0.1, 0.15) is 5.75 Å². The Hall–Kier alpha value is -2.53. The number of nitrogens with zero attached hydrogens (tertiary/aromatic N) is 1. The van der Waals surface area contributed by atoms with Crippen LogP contribution in [-0.2, 0) is 4.79 Å². The van der Waals surface area contributed by atoms with Crippen LogP contribution in [0.5, 0.6) is 5.75 Å². The summed E-state index contributed by atoms with van der Waals surface area (Å²) >= 11 is 5.96. The molecule has 2 amide bonds. The summed E-state index contributed by atoms with van der Waals surface area (Å²) in [6.07, 6.45) is 0.922. The van der Waals surface area contributed by atoms with Crippen LogP contribution in [0, 0.1) is 11.8 Å². The maximum atomic E-state index is 13.1. The molecule has 1 N–H and O–H groups in total. The highest BCUT2D eigenvalue weighted by molar-refractivity contribution is 6.30. The number of carbonyl (C=O) groups excluding carboxylic acids is 2. The summed E-state index contributed by atoms with van der Waals surface area (Å²) in [5.41, 5.74) is 1.52. The molecule has 1 aliphatic rings. The monoisotopic (exact) mass is 428 g/mol. The van der Waals surface area contributed by atoms with Crippen molar-refractivity contribution in [2.24, 2.45) is 11.8 Å². The summed E-state index contributed by atoms with van der Waals surface area (Å²) in [5.74, 6) is 0.688. The number of carbonyl (C=O) groups is 2. The molecule has 2 aromatic rings. The normalized spacial score (nSPS) is 18.5. The van der Waals surface area contributed by atoms with E-state index in [9.17, 15) is 9.59 Å². The summed E-state index contributed by atoms with van der Waals surface area (Å²) in [6.45, 7) is 5.73. The summed E-state index contributed by atoms with van der Waals surface area (Å²) in [5, 5.41) is 3.65. The van der Waals surface area contributed by atoms with Crippen LogP contribution in [0.3, 0.4) is 0 Å². The third-order valence-electron chi connectivity index (χ3n) is 5.59. The Balaban J connectivity index is 1.84. The minimum absolute atomic E-state index is 0.0158. The van der Waals surface area contributed by atoms with Crippen molar-refractivity contribution in [2.45, 2.75) is 26.2 Å². The van der Waals surface area contributed by atoms with Crippen molar-refractivity contribution >= 4 is 23.4 Å². The van der Waals surface area contributed by atoms with Gasteiger partial charge in [-0.05, 0) is 48.2 Å². The standard InChI is InChI=1S/C24H29ClN2O3/c1-16(2)12-13-26-23(28)21-15-27(24(29)17-8-10-18(25)11-9-17)14-20(21)19-6-4-5-7-22(19)30-3/h4-11,16,20-21H,12-15H2,1-3H3,(H,26,28). The van der Waals surface area contributed by atoms with Gasteiger partial charge < -0.3 is 15.0 Å². The van der Waals surface area contributed by atoms with Crippen LogP contribution >= 0.6 is 11.6 Å². The third kappa shape index (κ3) is 5.14. The van der Waals surface area contributed by atoms with E-state index < -0.39 is 0 Å². The number of halogens is 1. The lowest BCUT2D eigenvalue weighted by Gasteiger charge is -2.20. The summed E-state index contributed by atoms with van der Waals surface area (Å²) in [4.78, 5) is 27.9. The number of methoxy groups -OCH3 is 1. The van der Waals surface area contributed by atoms with E-state index in [1.807, 2.05) is 24.3 Å². The van der Waals surface area contributed by atoms with Gasteiger partial charge in [-0.15, -0.1) is 0 Å². The second kappa shape index (κ2) is 9.98. The van der Waals surface area contributed by atoms with E-state index in [0.29, 0.717) is 36.1 Å². The van der Waals surface area contributed by atoms with Crippen molar-refractivity contribution in [3.05, 3.63) is 64.7 Å². The van der Waals surface area contributed by atoms with E-state index in [1.54, 1.807) is 36.3 Å². The van der Waals surface area contributed by atoms with Crippen LogP contribution in [-0.4, -0.2) is 43.5 Å². The molecule has 30 heavy (non-hydrogen) atoms. The molecule has 1 saturated heterocycles. The molecule has 0 radical (unpaired) electrons. The highest BCUT2D eigenvalue weighted by Gasteiger charge is 2.41. The number of benzene rings is 2. The number of hydrogen-bond acceptors (Lipinski definition) is 3. The van der Waals surface area contributed by atoms with E-state index in [-0.39, 0.29) is 23.7 Å². The SMILES string of the molecule is COc1ccccc1C1CN(C(=O)c2ccc(Cl)cc2)CC1C(=O)NCCC(C)C. The predicted octanol–water partition coefficient (Wildman–Crippen LogP) is 4.37. The smallest absolute Gasteiger partial charge is 0.253 e. The molecule has 1 aliphatic heterocycles. The quantitative estimate of drug-likeness (QED) is 0.712. The number of rotatable bonds is 7. The highest BCUT2D eigenvalue weighted by Crippen LogP contribution is 2.38. The molecule has 1 heterocycles. The van der Waals surface area contributed by atoms with Gasteiger partial charge in [-0.25, -0.2) is 0 Å². The van der Waals surface area contributed by atoms with Crippen molar-refractivity contribution in [1.29, 1.82) is 0 Å². The van der Waals surface area contributed by atoms with Crippen molar-refractivity contribution in [3.8, 4) is 5.75 Å². The molecule has 2 atom stereocenters. The van der Waals surface area contributed by atoms with Crippen LogP contribution in [0.2, 0.25) is 5.02 Å². The number of likely N-dealkylation sites (tertiary alicyclic amines) is 1. The number of para-hydroxylation sites is 1. The Labute approximate surface area is 183 Å². The Kier molecular flexibility index (Phi) is 7.38. The Morgan fingerprint density at radius 3 is 2.50 bits per heavy atom. The molecule has 0 spiro atoms. The van der Waals surface area contributed by atoms with Crippen molar-refractivity contribution in [3.63, 3.8) is 0 Å². The molecule has 6 heteroatoms. The summed E-state index contributed by atoms with van der Waals surface area (Å²) in [6, 6.07) is 14.6. The zero-order valence-corrected chi connectivity index (χ0v) is 18.5. The average Bonchev–Trinajstić information content (AvgIpc) is 3.18. The summed E-state index contributed by atoms with van der Waals surface area (Å²) < 4.78 is 5.54. The van der Waals surface area contributed by atoms with Gasteiger partial charge in [0, 0.05) is 36.1 Å². The predicted molar refractivity (Wildman–Crippen MR) is 119 cm³/mol. The minimum Gasteiger partial charge on any atom is -0.496 e. The maximum absolute atomic E-state index is 13.1. The Morgan fingerprint density at radius 1 is 1.13 bits per heavy atom. The molecule has 2 aromatic carbocycles. The third-order valence-corrected chi connectivity index (χ3v) is 5.85. The van der Waals surface area contributed by atoms with Crippen molar-refractivity contribution in [2.75, 3.05) is 26.7 Å². The van der Waals surface area contributed by atoms with Gasteiger partial charge in [-0.2, -0.15) is 0 Å². The van der Waals surface area contributed by atoms with Crippen LogP contribution in [0.1, 0.15) is 42.1 Å². The second-order valence-electron chi connectivity index (χ2n) is 8.15. The van der Waals surface area contributed by atoms with Gasteiger partial charge >= 0.3 is 0 Å². The molecule has 2 unspecified atom stereocenters. The summed E-state index contributed by atoms with van der Waals surface area (Å²) in [7, 11) is 1.63. The lowest BCUT2D eigenvalue weighted by Crippen LogP contribution is -2.36. The number of ether oxygens (including phenoxy) is 1. The second-order valence-corrected chi connectivity index (χ2v) is 8.58. The van der Waals surface area contributed by atoms with Gasteiger partial charge in [0.25, 0.3) is 5.91 Å². The van der Waals surface area contributed by atoms with Gasteiger partial charge in [0.2, 0.25) is 5.91 Å². The first-order valence-electron chi connectivity index (χ1n) is 10.4. The van der Waals surface area contributed by atoms with Crippen molar-refractivity contribution < 1.29 is 14.3 Å². The first-order chi connectivity index (χ1) is 14.4. The molecule has 0 aromatic heterocycles. The van der Waals surface area contributed by atoms with Gasteiger partial charge in [0.15, 0.2) is 0 Å². The average molecular weight is 429 g/mol.